The molecule has 0 amide bonds. The fraction of sp³-hybridized carbons (Fsp3) is 0.368. The van der Waals surface area contributed by atoms with E-state index in [1.165, 1.54) is 17.7 Å². The van der Waals surface area contributed by atoms with Crippen LogP contribution < -0.4 is 5.73 Å². The van der Waals surface area contributed by atoms with Crippen LogP contribution in [-0.2, 0) is 12.6 Å². The van der Waals surface area contributed by atoms with Crippen LogP contribution in [0.25, 0.3) is 0 Å². The molecule has 4 heteroatoms. The van der Waals surface area contributed by atoms with Crippen molar-refractivity contribution in [3.05, 3.63) is 70.8 Å². The van der Waals surface area contributed by atoms with Crippen molar-refractivity contribution in [2.45, 2.75) is 38.3 Å². The number of halogens is 3. The Hall–Kier alpha value is -1.81. The van der Waals surface area contributed by atoms with Gasteiger partial charge in [-0.05, 0) is 47.7 Å². The molecule has 0 spiro atoms. The van der Waals surface area contributed by atoms with Gasteiger partial charge in [-0.2, -0.15) is 13.2 Å². The van der Waals surface area contributed by atoms with E-state index < -0.39 is 11.7 Å². The number of alkyl halides is 3. The second-order valence-corrected chi connectivity index (χ2v) is 6.15. The van der Waals surface area contributed by atoms with Gasteiger partial charge >= 0.3 is 6.18 Å². The van der Waals surface area contributed by atoms with Gasteiger partial charge in [-0.15, -0.1) is 0 Å². The first-order valence-electron chi connectivity index (χ1n) is 7.77. The third-order valence-electron chi connectivity index (χ3n) is 4.12. The monoisotopic (exact) mass is 321 g/mol. The predicted octanol–water partition coefficient (Wildman–Crippen LogP) is 5.11. The van der Waals surface area contributed by atoms with Gasteiger partial charge < -0.3 is 5.73 Å². The molecule has 2 aromatic carbocycles. The molecule has 0 aromatic heterocycles. The normalized spacial score (nSPS) is 13.3. The molecule has 2 aromatic rings. The van der Waals surface area contributed by atoms with E-state index >= 15 is 0 Å². The van der Waals surface area contributed by atoms with Crippen molar-refractivity contribution < 1.29 is 13.2 Å². The van der Waals surface area contributed by atoms with E-state index in [2.05, 4.69) is 38.1 Å². The first-order valence-corrected chi connectivity index (χ1v) is 7.77. The molecule has 0 heterocycles. The van der Waals surface area contributed by atoms with Gasteiger partial charge in [0.05, 0.1) is 5.56 Å². The number of benzene rings is 2. The maximum absolute atomic E-state index is 12.6. The standard InChI is InChI=1S/C19H22F3N/c1-13(2)15-5-7-16(8-6-15)17(12-23)11-14-3-9-18(10-4-14)19(20,21)22/h3-10,13,17H,11-12,23H2,1-2H3. The first-order chi connectivity index (χ1) is 10.8. The maximum atomic E-state index is 12.6. The van der Waals surface area contributed by atoms with Gasteiger partial charge in [0.1, 0.15) is 0 Å². The molecule has 1 unspecified atom stereocenters. The van der Waals surface area contributed by atoms with Crippen LogP contribution >= 0.6 is 0 Å². The lowest BCUT2D eigenvalue weighted by molar-refractivity contribution is -0.137. The lowest BCUT2D eigenvalue weighted by Crippen LogP contribution is -2.15. The summed E-state index contributed by atoms with van der Waals surface area (Å²) in [6, 6.07) is 13.6. The van der Waals surface area contributed by atoms with Crippen LogP contribution in [0.15, 0.2) is 48.5 Å². The molecule has 1 nitrogen and oxygen atoms in total. The Morgan fingerprint density at radius 2 is 1.39 bits per heavy atom. The Morgan fingerprint density at radius 3 is 1.83 bits per heavy atom. The summed E-state index contributed by atoms with van der Waals surface area (Å²) < 4.78 is 37.8. The Kier molecular flexibility index (Phi) is 5.47. The van der Waals surface area contributed by atoms with E-state index in [1.54, 1.807) is 0 Å². The number of rotatable bonds is 5. The molecule has 0 aliphatic rings. The van der Waals surface area contributed by atoms with Crippen LogP contribution in [0, 0.1) is 0 Å². The molecule has 0 aliphatic carbocycles. The van der Waals surface area contributed by atoms with Gasteiger partial charge in [0, 0.05) is 5.92 Å². The van der Waals surface area contributed by atoms with Crippen molar-refractivity contribution in [3.63, 3.8) is 0 Å². The molecule has 0 fully saturated rings. The molecule has 2 N–H and O–H groups in total. The molecule has 124 valence electrons. The summed E-state index contributed by atoms with van der Waals surface area (Å²) in [5.74, 6) is 0.572. The van der Waals surface area contributed by atoms with Gasteiger partial charge in [0.15, 0.2) is 0 Å². The minimum absolute atomic E-state index is 0.105. The van der Waals surface area contributed by atoms with Crippen molar-refractivity contribution in [1.82, 2.24) is 0 Å². The van der Waals surface area contributed by atoms with Gasteiger partial charge in [-0.3, -0.25) is 0 Å². The molecular formula is C19H22F3N. The van der Waals surface area contributed by atoms with E-state index in [0.29, 0.717) is 18.9 Å². The molecule has 0 saturated carbocycles. The topological polar surface area (TPSA) is 26.0 Å². The zero-order valence-electron chi connectivity index (χ0n) is 13.4. The molecule has 23 heavy (non-hydrogen) atoms. The van der Waals surface area contributed by atoms with Gasteiger partial charge in [-0.25, -0.2) is 0 Å². The minimum Gasteiger partial charge on any atom is -0.330 e. The van der Waals surface area contributed by atoms with Crippen molar-refractivity contribution in [2.75, 3.05) is 6.54 Å². The molecule has 0 radical (unpaired) electrons. The second kappa shape index (κ2) is 7.18. The van der Waals surface area contributed by atoms with Crippen molar-refractivity contribution >= 4 is 0 Å². The SMILES string of the molecule is CC(C)c1ccc(C(CN)Cc2ccc(C(F)(F)F)cc2)cc1. The first kappa shape index (κ1) is 17.5. The van der Waals surface area contributed by atoms with Gasteiger partial charge in [0.25, 0.3) is 0 Å². The summed E-state index contributed by atoms with van der Waals surface area (Å²) in [6.07, 6.45) is -3.66. The van der Waals surface area contributed by atoms with Crippen LogP contribution in [0.3, 0.4) is 0 Å². The number of hydrogen-bond acceptors (Lipinski definition) is 1. The molecular weight excluding hydrogens is 299 g/mol. The minimum atomic E-state index is -4.29. The molecule has 0 bridgehead atoms. The lowest BCUT2D eigenvalue weighted by Gasteiger charge is -2.17. The average Bonchev–Trinajstić information content (AvgIpc) is 2.52. The highest BCUT2D eigenvalue weighted by Gasteiger charge is 2.30. The van der Waals surface area contributed by atoms with E-state index in [1.807, 2.05) is 0 Å². The van der Waals surface area contributed by atoms with E-state index in [9.17, 15) is 13.2 Å². The fourth-order valence-electron chi connectivity index (χ4n) is 2.60. The summed E-state index contributed by atoms with van der Waals surface area (Å²) in [5, 5.41) is 0. The summed E-state index contributed by atoms with van der Waals surface area (Å²) >= 11 is 0. The Bertz CT molecular complexity index is 613. The Morgan fingerprint density at radius 1 is 0.870 bits per heavy atom. The lowest BCUT2D eigenvalue weighted by atomic mass is 9.90. The van der Waals surface area contributed by atoms with Crippen LogP contribution in [0.1, 0.15) is 47.9 Å². The average molecular weight is 321 g/mol. The zero-order valence-corrected chi connectivity index (χ0v) is 13.4. The summed E-state index contributed by atoms with van der Waals surface area (Å²) in [5.41, 5.74) is 8.50. The highest BCUT2D eigenvalue weighted by molar-refractivity contribution is 5.30. The molecule has 1 atom stereocenters. The Balaban J connectivity index is 2.12. The Labute approximate surface area is 135 Å². The number of nitrogens with two attached hydrogens (primary N) is 1. The van der Waals surface area contributed by atoms with Crippen molar-refractivity contribution in [3.8, 4) is 0 Å². The maximum Gasteiger partial charge on any atom is 0.416 e. The molecule has 0 aliphatic heterocycles. The van der Waals surface area contributed by atoms with Crippen LogP contribution in [0.2, 0.25) is 0 Å². The molecule has 0 saturated heterocycles. The molecule has 2 rings (SSSR count). The van der Waals surface area contributed by atoms with Gasteiger partial charge in [0.2, 0.25) is 0 Å². The largest absolute Gasteiger partial charge is 0.416 e. The highest BCUT2D eigenvalue weighted by Crippen LogP contribution is 2.30. The summed E-state index contributed by atoms with van der Waals surface area (Å²) in [4.78, 5) is 0. The van der Waals surface area contributed by atoms with E-state index in [0.717, 1.165) is 23.3 Å². The van der Waals surface area contributed by atoms with Crippen molar-refractivity contribution in [1.29, 1.82) is 0 Å². The number of hydrogen-bond donors (Lipinski definition) is 1. The fourth-order valence-corrected chi connectivity index (χ4v) is 2.60. The summed E-state index contributed by atoms with van der Waals surface area (Å²) in [6.45, 7) is 4.73. The summed E-state index contributed by atoms with van der Waals surface area (Å²) in [7, 11) is 0. The van der Waals surface area contributed by atoms with Crippen LogP contribution in [-0.4, -0.2) is 6.54 Å². The second-order valence-electron chi connectivity index (χ2n) is 6.15. The van der Waals surface area contributed by atoms with Crippen molar-refractivity contribution in [2.24, 2.45) is 5.73 Å². The van der Waals surface area contributed by atoms with Gasteiger partial charge in [-0.1, -0.05) is 50.2 Å². The van der Waals surface area contributed by atoms with E-state index in [-0.39, 0.29) is 5.92 Å². The highest BCUT2D eigenvalue weighted by atomic mass is 19.4. The smallest absolute Gasteiger partial charge is 0.330 e. The zero-order chi connectivity index (χ0) is 17.0. The van der Waals surface area contributed by atoms with Crippen LogP contribution in [0.4, 0.5) is 13.2 Å². The van der Waals surface area contributed by atoms with Crippen LogP contribution in [0.5, 0.6) is 0 Å². The van der Waals surface area contributed by atoms with E-state index in [4.69, 9.17) is 5.73 Å². The quantitative estimate of drug-likeness (QED) is 0.813. The third kappa shape index (κ3) is 4.58. The third-order valence-corrected chi connectivity index (χ3v) is 4.12. The predicted molar refractivity (Wildman–Crippen MR) is 87.5 cm³/mol.